The third kappa shape index (κ3) is 2.28. The standard InChI is InChI=1S/C18H21NO3S2/c1-13-2-4-15(5-3-13)24(21,22)19-16-6-9-18(19,10-7-17(16)20)14-8-11-23-12-14/h2-5,8,11-12,16-17,20H,6-7,9-10H2,1H3/t16-,17+,18?/m0/s1. The topological polar surface area (TPSA) is 57.6 Å². The second-order valence-corrected chi connectivity index (χ2v) is 9.46. The predicted molar refractivity (Wildman–Crippen MR) is 94.5 cm³/mol. The van der Waals surface area contributed by atoms with Crippen molar-refractivity contribution < 1.29 is 13.5 Å². The molecule has 2 fully saturated rings. The normalized spacial score (nSPS) is 30.6. The first-order valence-corrected chi connectivity index (χ1v) is 10.7. The van der Waals surface area contributed by atoms with Crippen LogP contribution in [0.4, 0.5) is 0 Å². The zero-order chi connectivity index (χ0) is 16.9. The summed E-state index contributed by atoms with van der Waals surface area (Å²) in [6.07, 6.45) is 2.23. The molecule has 2 aliphatic rings. The van der Waals surface area contributed by atoms with E-state index in [1.165, 1.54) is 0 Å². The minimum Gasteiger partial charge on any atom is -0.391 e. The number of sulfonamides is 1. The van der Waals surface area contributed by atoms with Gasteiger partial charge in [0.15, 0.2) is 0 Å². The molecule has 0 amide bonds. The highest BCUT2D eigenvalue weighted by Crippen LogP contribution is 2.53. The van der Waals surface area contributed by atoms with Crippen molar-refractivity contribution >= 4 is 21.4 Å². The second kappa shape index (κ2) is 5.66. The van der Waals surface area contributed by atoms with Crippen LogP contribution in [0.2, 0.25) is 0 Å². The summed E-state index contributed by atoms with van der Waals surface area (Å²) in [6.45, 7) is 1.94. The number of nitrogens with zero attached hydrogens (tertiary/aromatic N) is 1. The molecule has 3 atom stereocenters. The molecule has 4 rings (SSSR count). The van der Waals surface area contributed by atoms with Gasteiger partial charge in [0.25, 0.3) is 0 Å². The van der Waals surface area contributed by atoms with Crippen molar-refractivity contribution in [1.82, 2.24) is 4.31 Å². The molecule has 2 aliphatic heterocycles. The van der Waals surface area contributed by atoms with Crippen LogP contribution in [0.5, 0.6) is 0 Å². The quantitative estimate of drug-likeness (QED) is 0.911. The molecule has 0 radical (unpaired) electrons. The Morgan fingerprint density at radius 2 is 1.88 bits per heavy atom. The number of benzene rings is 1. The number of aliphatic hydroxyl groups is 1. The highest BCUT2D eigenvalue weighted by atomic mass is 32.2. The summed E-state index contributed by atoms with van der Waals surface area (Å²) in [5, 5.41) is 14.5. The zero-order valence-corrected chi connectivity index (χ0v) is 15.2. The van der Waals surface area contributed by atoms with E-state index in [1.807, 2.05) is 30.5 Å². The number of hydrogen-bond acceptors (Lipinski definition) is 4. The lowest BCUT2D eigenvalue weighted by atomic mass is 9.84. The molecule has 1 unspecified atom stereocenters. The first-order valence-electron chi connectivity index (χ1n) is 8.27. The third-order valence-electron chi connectivity index (χ3n) is 5.51. The van der Waals surface area contributed by atoms with Crippen molar-refractivity contribution in [3.05, 3.63) is 52.2 Å². The van der Waals surface area contributed by atoms with Crippen molar-refractivity contribution in [3.8, 4) is 0 Å². The lowest BCUT2D eigenvalue weighted by Crippen LogP contribution is -2.55. The monoisotopic (exact) mass is 363 g/mol. The molecule has 2 aromatic rings. The molecule has 1 aromatic heterocycles. The molecule has 0 aliphatic carbocycles. The maximum atomic E-state index is 13.4. The molecule has 0 saturated carbocycles. The number of piperidine rings is 1. The number of aryl methyl sites for hydroxylation is 1. The summed E-state index contributed by atoms with van der Waals surface area (Å²) in [4.78, 5) is 0.314. The Hall–Kier alpha value is -1.21. The molecule has 3 heterocycles. The second-order valence-electron chi connectivity index (χ2n) is 6.87. The van der Waals surface area contributed by atoms with E-state index in [2.05, 4.69) is 5.38 Å². The van der Waals surface area contributed by atoms with E-state index >= 15 is 0 Å². The maximum absolute atomic E-state index is 13.4. The Morgan fingerprint density at radius 1 is 1.17 bits per heavy atom. The highest BCUT2D eigenvalue weighted by molar-refractivity contribution is 7.89. The molecule has 128 valence electrons. The fourth-order valence-corrected chi connectivity index (χ4v) is 7.08. The van der Waals surface area contributed by atoms with Crippen molar-refractivity contribution in [2.24, 2.45) is 0 Å². The smallest absolute Gasteiger partial charge is 0.244 e. The minimum absolute atomic E-state index is 0.314. The summed E-state index contributed by atoms with van der Waals surface area (Å²) >= 11 is 1.59. The number of rotatable bonds is 3. The fraction of sp³-hybridized carbons (Fsp3) is 0.444. The van der Waals surface area contributed by atoms with Crippen LogP contribution in [0.3, 0.4) is 0 Å². The van der Waals surface area contributed by atoms with Crippen LogP contribution in [0.15, 0.2) is 46.0 Å². The predicted octanol–water partition coefficient (Wildman–Crippen LogP) is 3.26. The molecule has 1 aromatic carbocycles. The Balaban J connectivity index is 1.86. The molecule has 24 heavy (non-hydrogen) atoms. The van der Waals surface area contributed by atoms with E-state index in [4.69, 9.17) is 0 Å². The maximum Gasteiger partial charge on any atom is 0.244 e. The molecule has 2 saturated heterocycles. The van der Waals surface area contributed by atoms with Crippen molar-refractivity contribution in [2.75, 3.05) is 0 Å². The fourth-order valence-electron chi connectivity index (χ4n) is 4.27. The van der Waals surface area contributed by atoms with Gasteiger partial charge in [-0.1, -0.05) is 17.7 Å². The third-order valence-corrected chi connectivity index (χ3v) is 8.20. The zero-order valence-electron chi connectivity index (χ0n) is 13.6. The van der Waals surface area contributed by atoms with Gasteiger partial charge in [-0.25, -0.2) is 8.42 Å². The first-order chi connectivity index (χ1) is 11.4. The van der Waals surface area contributed by atoms with Crippen LogP contribution in [0.1, 0.15) is 36.8 Å². The van der Waals surface area contributed by atoms with E-state index in [0.29, 0.717) is 24.2 Å². The Morgan fingerprint density at radius 3 is 2.54 bits per heavy atom. The van der Waals surface area contributed by atoms with Crippen LogP contribution >= 0.6 is 11.3 Å². The average molecular weight is 364 g/mol. The van der Waals surface area contributed by atoms with E-state index in [1.54, 1.807) is 27.8 Å². The summed E-state index contributed by atoms with van der Waals surface area (Å²) < 4.78 is 28.5. The summed E-state index contributed by atoms with van der Waals surface area (Å²) in [7, 11) is -3.65. The lowest BCUT2D eigenvalue weighted by Gasteiger charge is -2.45. The van der Waals surface area contributed by atoms with E-state index in [9.17, 15) is 13.5 Å². The van der Waals surface area contributed by atoms with Gasteiger partial charge in [-0.05, 0) is 67.1 Å². The number of hydrogen-bond donors (Lipinski definition) is 1. The molecule has 2 bridgehead atoms. The number of fused-ring (bicyclic) bond motifs is 2. The summed E-state index contributed by atoms with van der Waals surface area (Å²) in [5.41, 5.74) is 1.59. The number of thiophene rings is 1. The molecule has 6 heteroatoms. The summed E-state index contributed by atoms with van der Waals surface area (Å²) in [6, 6.07) is 8.70. The lowest BCUT2D eigenvalue weighted by molar-refractivity contribution is 0.0213. The first kappa shape index (κ1) is 16.3. The van der Waals surface area contributed by atoms with Crippen molar-refractivity contribution in [3.63, 3.8) is 0 Å². The van der Waals surface area contributed by atoms with Crippen LogP contribution in [-0.2, 0) is 15.6 Å². The Labute approximate surface area is 146 Å². The van der Waals surface area contributed by atoms with Gasteiger partial charge in [0.05, 0.1) is 22.6 Å². The number of aliphatic hydroxyl groups excluding tert-OH is 1. The van der Waals surface area contributed by atoms with Crippen LogP contribution in [0.25, 0.3) is 0 Å². The largest absolute Gasteiger partial charge is 0.391 e. The molecular formula is C18H21NO3S2. The Bertz CT molecular complexity index is 830. The molecule has 4 nitrogen and oxygen atoms in total. The Kier molecular flexibility index (Phi) is 3.84. The van der Waals surface area contributed by atoms with Crippen LogP contribution in [-0.4, -0.2) is 30.0 Å². The molecule has 0 spiro atoms. The molecule has 1 N–H and O–H groups in total. The summed E-state index contributed by atoms with van der Waals surface area (Å²) in [5.74, 6) is 0. The van der Waals surface area contributed by atoms with Crippen molar-refractivity contribution in [1.29, 1.82) is 0 Å². The van der Waals surface area contributed by atoms with Gasteiger partial charge in [0.2, 0.25) is 10.0 Å². The van der Waals surface area contributed by atoms with Crippen molar-refractivity contribution in [2.45, 2.75) is 55.2 Å². The van der Waals surface area contributed by atoms with Crippen LogP contribution < -0.4 is 0 Å². The van der Waals surface area contributed by atoms with E-state index in [-0.39, 0.29) is 6.04 Å². The average Bonchev–Trinajstić information content (AvgIpc) is 3.19. The van der Waals surface area contributed by atoms with Gasteiger partial charge in [-0.3, -0.25) is 0 Å². The van der Waals surface area contributed by atoms with Gasteiger partial charge < -0.3 is 5.11 Å². The highest BCUT2D eigenvalue weighted by Gasteiger charge is 2.58. The van der Waals surface area contributed by atoms with Crippen LogP contribution in [0, 0.1) is 6.92 Å². The van der Waals surface area contributed by atoms with Gasteiger partial charge in [-0.15, -0.1) is 0 Å². The van der Waals surface area contributed by atoms with Gasteiger partial charge in [0.1, 0.15) is 0 Å². The molecular weight excluding hydrogens is 342 g/mol. The van der Waals surface area contributed by atoms with Gasteiger partial charge in [-0.2, -0.15) is 15.6 Å². The SMILES string of the molecule is Cc1ccc(S(=O)(=O)N2[C@H]3CCC2(c2ccsc2)CC[C@H]3O)cc1. The van der Waals surface area contributed by atoms with Gasteiger partial charge in [0, 0.05) is 0 Å². The van der Waals surface area contributed by atoms with E-state index in [0.717, 1.165) is 17.5 Å². The van der Waals surface area contributed by atoms with Gasteiger partial charge >= 0.3 is 0 Å². The van der Waals surface area contributed by atoms with E-state index < -0.39 is 21.7 Å². The minimum atomic E-state index is -3.65.